The van der Waals surface area contributed by atoms with Crippen molar-refractivity contribution in [3.05, 3.63) is 28.4 Å². The summed E-state index contributed by atoms with van der Waals surface area (Å²) < 4.78 is 0. The third-order valence-electron chi connectivity index (χ3n) is 4.04. The van der Waals surface area contributed by atoms with E-state index in [1.54, 1.807) is 6.07 Å². The smallest absolute Gasteiger partial charge is 0.287 e. The van der Waals surface area contributed by atoms with Crippen molar-refractivity contribution in [2.45, 2.75) is 39.2 Å². The van der Waals surface area contributed by atoms with Gasteiger partial charge >= 0.3 is 0 Å². The molecule has 1 aromatic rings. The Morgan fingerprint density at radius 1 is 1.50 bits per heavy atom. The molecular weight excluding hydrogens is 230 g/mol. The van der Waals surface area contributed by atoms with Crippen LogP contribution in [0.1, 0.15) is 33.1 Å². The van der Waals surface area contributed by atoms with Crippen LogP contribution in [-0.2, 0) is 0 Å². The molecule has 2 rings (SSSR count). The lowest BCUT2D eigenvalue weighted by Crippen LogP contribution is -2.25. The molecule has 0 spiro atoms. The van der Waals surface area contributed by atoms with Crippen LogP contribution >= 0.6 is 0 Å². The molecule has 3 unspecified atom stereocenters. The van der Waals surface area contributed by atoms with Crippen LogP contribution in [0.2, 0.25) is 0 Å². The van der Waals surface area contributed by atoms with E-state index in [4.69, 9.17) is 0 Å². The van der Waals surface area contributed by atoms with Crippen molar-refractivity contribution >= 4 is 11.5 Å². The number of aromatic nitrogens is 1. The van der Waals surface area contributed by atoms with Crippen molar-refractivity contribution in [2.75, 3.05) is 5.32 Å². The van der Waals surface area contributed by atoms with Gasteiger partial charge in [-0.2, -0.15) is 0 Å². The Bertz CT molecular complexity index is 419. The van der Waals surface area contributed by atoms with Crippen molar-refractivity contribution in [3.63, 3.8) is 0 Å². The lowest BCUT2D eigenvalue weighted by Gasteiger charge is -2.21. The predicted molar refractivity (Wildman–Crippen MR) is 70.5 cm³/mol. The summed E-state index contributed by atoms with van der Waals surface area (Å²) in [5.74, 6) is 2.14. The molecule has 1 heterocycles. The van der Waals surface area contributed by atoms with Gasteiger partial charge in [-0.05, 0) is 30.7 Å². The minimum absolute atomic E-state index is 0.0338. The molecule has 3 atom stereocenters. The molecular formula is C13H19N3O2. The van der Waals surface area contributed by atoms with Crippen LogP contribution in [-0.4, -0.2) is 15.9 Å². The van der Waals surface area contributed by atoms with Gasteiger partial charge in [-0.25, -0.2) is 4.98 Å². The summed E-state index contributed by atoms with van der Waals surface area (Å²) in [4.78, 5) is 14.2. The predicted octanol–water partition coefficient (Wildman–Crippen LogP) is 3.23. The molecule has 1 N–H and O–H groups in total. The van der Waals surface area contributed by atoms with Crippen LogP contribution in [0.25, 0.3) is 0 Å². The SMILES string of the molecule is CCC1CCC(Nc2ccc([N+](=O)[O-])cn2)C1C. The van der Waals surface area contributed by atoms with E-state index in [1.165, 1.54) is 25.1 Å². The summed E-state index contributed by atoms with van der Waals surface area (Å²) in [5, 5.41) is 13.9. The van der Waals surface area contributed by atoms with Crippen LogP contribution < -0.4 is 5.32 Å². The van der Waals surface area contributed by atoms with Crippen molar-refractivity contribution < 1.29 is 4.92 Å². The maximum absolute atomic E-state index is 10.5. The number of nitrogens with one attached hydrogen (secondary N) is 1. The van der Waals surface area contributed by atoms with E-state index < -0.39 is 4.92 Å². The van der Waals surface area contributed by atoms with E-state index in [-0.39, 0.29) is 5.69 Å². The Morgan fingerprint density at radius 3 is 2.78 bits per heavy atom. The zero-order chi connectivity index (χ0) is 13.1. The molecule has 0 radical (unpaired) electrons. The molecule has 1 aliphatic rings. The lowest BCUT2D eigenvalue weighted by molar-refractivity contribution is -0.385. The van der Waals surface area contributed by atoms with Gasteiger partial charge in [0, 0.05) is 12.1 Å². The van der Waals surface area contributed by atoms with Crippen LogP contribution in [0.15, 0.2) is 18.3 Å². The van der Waals surface area contributed by atoms with Gasteiger partial charge in [0.25, 0.3) is 5.69 Å². The molecule has 18 heavy (non-hydrogen) atoms. The van der Waals surface area contributed by atoms with Gasteiger partial charge < -0.3 is 5.32 Å². The Morgan fingerprint density at radius 2 is 2.28 bits per heavy atom. The molecule has 1 aliphatic carbocycles. The van der Waals surface area contributed by atoms with Gasteiger partial charge in [-0.1, -0.05) is 20.3 Å². The summed E-state index contributed by atoms with van der Waals surface area (Å²) in [6, 6.07) is 3.61. The molecule has 5 heteroatoms. The van der Waals surface area contributed by atoms with Crippen LogP contribution in [0.3, 0.4) is 0 Å². The number of anilines is 1. The molecule has 1 fully saturated rings. The fourth-order valence-electron chi connectivity index (χ4n) is 2.80. The van der Waals surface area contributed by atoms with Crippen molar-refractivity contribution in [2.24, 2.45) is 11.8 Å². The van der Waals surface area contributed by atoms with Gasteiger partial charge in [0.05, 0.1) is 4.92 Å². The molecule has 0 aliphatic heterocycles. The van der Waals surface area contributed by atoms with E-state index >= 15 is 0 Å². The Hall–Kier alpha value is -1.65. The zero-order valence-electron chi connectivity index (χ0n) is 10.8. The first-order chi connectivity index (χ1) is 8.61. The van der Waals surface area contributed by atoms with Gasteiger partial charge in [-0.15, -0.1) is 0 Å². The van der Waals surface area contributed by atoms with E-state index in [0.717, 1.165) is 18.2 Å². The highest BCUT2D eigenvalue weighted by atomic mass is 16.6. The number of pyridine rings is 1. The van der Waals surface area contributed by atoms with Crippen LogP contribution in [0, 0.1) is 22.0 Å². The van der Waals surface area contributed by atoms with E-state index in [2.05, 4.69) is 24.1 Å². The monoisotopic (exact) mass is 249 g/mol. The maximum atomic E-state index is 10.5. The average molecular weight is 249 g/mol. The first-order valence-corrected chi connectivity index (χ1v) is 6.48. The van der Waals surface area contributed by atoms with Crippen molar-refractivity contribution in [1.29, 1.82) is 0 Å². The van der Waals surface area contributed by atoms with Gasteiger partial charge in [-0.3, -0.25) is 10.1 Å². The second-order valence-corrected chi connectivity index (χ2v) is 5.01. The minimum Gasteiger partial charge on any atom is -0.367 e. The van der Waals surface area contributed by atoms with Gasteiger partial charge in [0.1, 0.15) is 12.0 Å². The molecule has 5 nitrogen and oxygen atoms in total. The number of hydrogen-bond donors (Lipinski definition) is 1. The summed E-state index contributed by atoms with van der Waals surface area (Å²) in [6.45, 7) is 4.50. The molecule has 0 amide bonds. The summed E-state index contributed by atoms with van der Waals surface area (Å²) in [7, 11) is 0. The lowest BCUT2D eigenvalue weighted by atomic mass is 9.93. The third-order valence-corrected chi connectivity index (χ3v) is 4.04. The first-order valence-electron chi connectivity index (χ1n) is 6.48. The van der Waals surface area contributed by atoms with Crippen LogP contribution in [0.5, 0.6) is 0 Å². The highest BCUT2D eigenvalue weighted by Gasteiger charge is 2.31. The summed E-state index contributed by atoms with van der Waals surface area (Å²) in [6.07, 6.45) is 4.92. The molecule has 0 saturated heterocycles. The quantitative estimate of drug-likeness (QED) is 0.657. The largest absolute Gasteiger partial charge is 0.367 e. The highest BCUT2D eigenvalue weighted by molar-refractivity contribution is 5.41. The molecule has 0 aromatic carbocycles. The topological polar surface area (TPSA) is 68.1 Å². The maximum Gasteiger partial charge on any atom is 0.287 e. The number of nitrogens with zero attached hydrogens (tertiary/aromatic N) is 2. The Balaban J connectivity index is 2.00. The molecule has 98 valence electrons. The molecule has 1 aromatic heterocycles. The second-order valence-electron chi connectivity index (χ2n) is 5.01. The molecule has 0 bridgehead atoms. The normalized spacial score (nSPS) is 27.1. The fourth-order valence-corrected chi connectivity index (χ4v) is 2.80. The average Bonchev–Trinajstić information content (AvgIpc) is 2.71. The summed E-state index contributed by atoms with van der Waals surface area (Å²) in [5.41, 5.74) is 0.0338. The third kappa shape index (κ3) is 2.60. The van der Waals surface area contributed by atoms with Gasteiger partial charge in [0.2, 0.25) is 0 Å². The van der Waals surface area contributed by atoms with Gasteiger partial charge in [0.15, 0.2) is 0 Å². The summed E-state index contributed by atoms with van der Waals surface area (Å²) >= 11 is 0. The minimum atomic E-state index is -0.428. The standard InChI is InChI=1S/C13H19N3O2/c1-3-10-4-6-12(9(10)2)15-13-7-5-11(8-14-13)16(17)18/h5,7-10,12H,3-4,6H2,1-2H3,(H,14,15). The number of rotatable bonds is 4. The second kappa shape index (κ2) is 5.33. The van der Waals surface area contributed by atoms with E-state index in [9.17, 15) is 10.1 Å². The zero-order valence-corrected chi connectivity index (χ0v) is 10.8. The first kappa shape index (κ1) is 12.8. The van der Waals surface area contributed by atoms with Crippen molar-refractivity contribution in [3.8, 4) is 0 Å². The number of nitro groups is 1. The van der Waals surface area contributed by atoms with E-state index in [1.807, 2.05) is 0 Å². The fraction of sp³-hybridized carbons (Fsp3) is 0.615. The van der Waals surface area contributed by atoms with Crippen LogP contribution in [0.4, 0.5) is 11.5 Å². The molecule has 1 saturated carbocycles. The highest BCUT2D eigenvalue weighted by Crippen LogP contribution is 2.35. The Labute approximate surface area is 107 Å². The number of hydrogen-bond acceptors (Lipinski definition) is 4. The Kier molecular flexibility index (Phi) is 3.79. The van der Waals surface area contributed by atoms with Crippen molar-refractivity contribution in [1.82, 2.24) is 4.98 Å². The van der Waals surface area contributed by atoms with E-state index in [0.29, 0.717) is 12.0 Å².